The summed E-state index contributed by atoms with van der Waals surface area (Å²) in [6.45, 7) is 3.22. The lowest BCUT2D eigenvalue weighted by Gasteiger charge is -2.10. The highest BCUT2D eigenvalue weighted by atomic mass is 16.5. The third-order valence-electron chi connectivity index (χ3n) is 3.61. The lowest BCUT2D eigenvalue weighted by Crippen LogP contribution is -2.37. The van der Waals surface area contributed by atoms with Gasteiger partial charge in [0.05, 0.1) is 0 Å². The van der Waals surface area contributed by atoms with Crippen LogP contribution in [0.1, 0.15) is 30.0 Å². The first-order chi connectivity index (χ1) is 11.7. The molecule has 2 aromatic rings. The lowest BCUT2D eigenvalue weighted by molar-refractivity contribution is 0.223. The molecule has 2 aromatic carbocycles. The average molecular weight is 327 g/mol. The summed E-state index contributed by atoms with van der Waals surface area (Å²) in [6, 6.07) is 15.5. The number of rotatable bonds is 8. The Bertz CT molecular complexity index is 641. The summed E-state index contributed by atoms with van der Waals surface area (Å²) in [5.74, 6) is 0.741. The van der Waals surface area contributed by atoms with Crippen LogP contribution in [0.2, 0.25) is 0 Å². The molecule has 0 aromatic heterocycles. The predicted molar refractivity (Wildman–Crippen MR) is 95.6 cm³/mol. The molecule has 2 rings (SSSR count). The van der Waals surface area contributed by atoms with Crippen LogP contribution >= 0.6 is 0 Å². The van der Waals surface area contributed by atoms with Gasteiger partial charge in [-0.15, -0.1) is 0 Å². The van der Waals surface area contributed by atoms with Gasteiger partial charge in [0.1, 0.15) is 5.75 Å². The smallest absolute Gasteiger partial charge is 0.317 e. The van der Waals surface area contributed by atoms with Gasteiger partial charge < -0.3 is 21.1 Å². The largest absolute Gasteiger partial charge is 0.473 e. The monoisotopic (exact) mass is 327 g/mol. The molecule has 0 heterocycles. The van der Waals surface area contributed by atoms with Gasteiger partial charge in [-0.05, 0) is 35.2 Å². The Morgan fingerprint density at radius 1 is 1.04 bits per heavy atom. The Labute approximate surface area is 143 Å². The molecule has 128 valence electrons. The number of nitrogens with one attached hydrogen (secondary N) is 2. The van der Waals surface area contributed by atoms with Crippen LogP contribution in [0.3, 0.4) is 0 Å². The molecule has 0 aliphatic carbocycles. The van der Waals surface area contributed by atoms with Crippen LogP contribution in [0.15, 0.2) is 48.5 Å². The van der Waals surface area contributed by atoms with Gasteiger partial charge in [0.25, 0.3) is 0 Å². The van der Waals surface area contributed by atoms with Crippen molar-refractivity contribution in [1.29, 1.82) is 0 Å². The van der Waals surface area contributed by atoms with E-state index in [0.29, 0.717) is 13.1 Å². The molecule has 2 amide bonds. The Kier molecular flexibility index (Phi) is 7.11. The molecule has 0 saturated carbocycles. The van der Waals surface area contributed by atoms with E-state index in [9.17, 15) is 4.79 Å². The van der Waals surface area contributed by atoms with Crippen molar-refractivity contribution in [2.24, 2.45) is 5.73 Å². The molecule has 24 heavy (non-hydrogen) atoms. The summed E-state index contributed by atoms with van der Waals surface area (Å²) in [6.07, 6.45) is 2.18. The summed E-state index contributed by atoms with van der Waals surface area (Å²) in [7, 11) is 0. The van der Waals surface area contributed by atoms with Crippen LogP contribution in [0.25, 0.3) is 0 Å². The molecule has 0 saturated heterocycles. The summed E-state index contributed by atoms with van der Waals surface area (Å²) in [4.78, 5) is 11.8. The van der Waals surface area contributed by atoms with E-state index >= 15 is 0 Å². The highest BCUT2D eigenvalue weighted by Gasteiger charge is 2.01. The zero-order chi connectivity index (χ0) is 17.2. The predicted octanol–water partition coefficient (Wildman–Crippen LogP) is 2.93. The van der Waals surface area contributed by atoms with Crippen molar-refractivity contribution in [2.45, 2.75) is 32.9 Å². The van der Waals surface area contributed by atoms with Crippen LogP contribution in [-0.4, -0.2) is 12.8 Å². The molecule has 0 atom stereocenters. The zero-order valence-electron chi connectivity index (χ0n) is 14.0. The first-order valence-electron chi connectivity index (χ1n) is 8.22. The number of hydrogen-bond donors (Lipinski definition) is 3. The number of ether oxygens (including phenoxy) is 1. The van der Waals surface area contributed by atoms with Crippen LogP contribution in [0, 0.1) is 0 Å². The SMILES string of the molecule is CCCc1ccc(OCNC(=O)NCc2cccc(CN)c2)cc1. The maximum Gasteiger partial charge on any atom is 0.317 e. The van der Waals surface area contributed by atoms with E-state index in [2.05, 4.69) is 17.6 Å². The molecule has 0 radical (unpaired) electrons. The van der Waals surface area contributed by atoms with Gasteiger partial charge in [-0.1, -0.05) is 49.7 Å². The lowest BCUT2D eigenvalue weighted by atomic mass is 10.1. The highest BCUT2D eigenvalue weighted by molar-refractivity contribution is 5.73. The van der Waals surface area contributed by atoms with Crippen LogP contribution in [-0.2, 0) is 19.5 Å². The van der Waals surface area contributed by atoms with Gasteiger partial charge in [0.2, 0.25) is 0 Å². The number of urea groups is 1. The number of aryl methyl sites for hydroxylation is 1. The maximum atomic E-state index is 11.8. The van der Waals surface area contributed by atoms with Crippen molar-refractivity contribution in [2.75, 3.05) is 6.73 Å². The van der Waals surface area contributed by atoms with Gasteiger partial charge >= 0.3 is 6.03 Å². The summed E-state index contributed by atoms with van der Waals surface area (Å²) in [5.41, 5.74) is 8.95. The van der Waals surface area contributed by atoms with E-state index < -0.39 is 0 Å². The molecule has 0 aliphatic rings. The summed E-state index contributed by atoms with van der Waals surface area (Å²) >= 11 is 0. The minimum Gasteiger partial charge on any atom is -0.473 e. The number of benzene rings is 2. The molecule has 0 bridgehead atoms. The first-order valence-corrected chi connectivity index (χ1v) is 8.22. The standard InChI is InChI=1S/C19H25N3O2/c1-2-4-15-7-9-18(10-8-15)24-14-22-19(23)21-13-17-6-3-5-16(11-17)12-20/h3,5-11H,2,4,12-14,20H2,1H3,(H2,21,22,23). The fourth-order valence-corrected chi connectivity index (χ4v) is 2.34. The van der Waals surface area contributed by atoms with Crippen molar-refractivity contribution in [3.63, 3.8) is 0 Å². The maximum absolute atomic E-state index is 11.8. The molecule has 0 unspecified atom stereocenters. The van der Waals surface area contributed by atoms with Crippen LogP contribution in [0.4, 0.5) is 4.79 Å². The zero-order valence-corrected chi connectivity index (χ0v) is 14.0. The summed E-state index contributed by atoms with van der Waals surface area (Å²) in [5, 5.41) is 5.46. The number of carbonyl (C=O) groups excluding carboxylic acids is 1. The second-order valence-electron chi connectivity index (χ2n) is 5.57. The second-order valence-corrected chi connectivity index (χ2v) is 5.57. The van der Waals surface area contributed by atoms with E-state index in [-0.39, 0.29) is 12.8 Å². The topological polar surface area (TPSA) is 76.4 Å². The van der Waals surface area contributed by atoms with Gasteiger partial charge in [0, 0.05) is 13.1 Å². The third-order valence-corrected chi connectivity index (χ3v) is 3.61. The van der Waals surface area contributed by atoms with Gasteiger partial charge in [0.15, 0.2) is 6.73 Å². The molecule has 4 N–H and O–H groups in total. The normalized spacial score (nSPS) is 10.2. The Hall–Kier alpha value is -2.53. The Balaban J connectivity index is 1.69. The van der Waals surface area contributed by atoms with Crippen molar-refractivity contribution >= 4 is 6.03 Å². The van der Waals surface area contributed by atoms with E-state index in [1.54, 1.807) is 0 Å². The highest BCUT2D eigenvalue weighted by Crippen LogP contribution is 2.12. The number of amides is 2. The van der Waals surface area contributed by atoms with Crippen molar-refractivity contribution in [3.8, 4) is 5.75 Å². The van der Waals surface area contributed by atoms with Gasteiger partial charge in [-0.3, -0.25) is 0 Å². The van der Waals surface area contributed by atoms with E-state index in [1.807, 2.05) is 48.5 Å². The summed E-state index contributed by atoms with van der Waals surface area (Å²) < 4.78 is 5.51. The van der Waals surface area contributed by atoms with Crippen molar-refractivity contribution in [1.82, 2.24) is 10.6 Å². The Morgan fingerprint density at radius 2 is 1.79 bits per heavy atom. The molecule has 0 spiro atoms. The molecular weight excluding hydrogens is 302 g/mol. The average Bonchev–Trinajstić information content (AvgIpc) is 2.62. The third kappa shape index (κ3) is 5.93. The number of carbonyl (C=O) groups is 1. The van der Waals surface area contributed by atoms with E-state index in [4.69, 9.17) is 10.5 Å². The molecular formula is C19H25N3O2. The second kappa shape index (κ2) is 9.57. The Morgan fingerprint density at radius 3 is 2.50 bits per heavy atom. The quantitative estimate of drug-likeness (QED) is 0.653. The van der Waals surface area contributed by atoms with E-state index in [1.165, 1.54) is 5.56 Å². The van der Waals surface area contributed by atoms with Gasteiger partial charge in [-0.2, -0.15) is 0 Å². The van der Waals surface area contributed by atoms with Crippen molar-refractivity contribution in [3.05, 3.63) is 65.2 Å². The minimum atomic E-state index is -0.268. The fraction of sp³-hybridized carbons (Fsp3) is 0.316. The molecule has 0 fully saturated rings. The molecule has 5 heteroatoms. The minimum absolute atomic E-state index is 0.127. The van der Waals surface area contributed by atoms with Crippen molar-refractivity contribution < 1.29 is 9.53 Å². The fourth-order valence-electron chi connectivity index (χ4n) is 2.34. The number of nitrogens with two attached hydrogens (primary N) is 1. The van der Waals surface area contributed by atoms with Gasteiger partial charge in [-0.25, -0.2) is 4.79 Å². The van der Waals surface area contributed by atoms with E-state index in [0.717, 1.165) is 29.7 Å². The first kappa shape index (κ1) is 17.8. The number of hydrogen-bond acceptors (Lipinski definition) is 3. The molecule has 0 aliphatic heterocycles. The van der Waals surface area contributed by atoms with Crippen LogP contribution in [0.5, 0.6) is 5.75 Å². The molecule has 5 nitrogen and oxygen atoms in total. The van der Waals surface area contributed by atoms with Crippen LogP contribution < -0.4 is 21.1 Å².